The zero-order valence-electron chi connectivity index (χ0n) is 16.7. The number of hydrogen-bond acceptors (Lipinski definition) is 4. The summed E-state index contributed by atoms with van der Waals surface area (Å²) in [6.07, 6.45) is 2.19. The Morgan fingerprint density at radius 3 is 2.08 bits per heavy atom. The van der Waals surface area contributed by atoms with Gasteiger partial charge < -0.3 is 24.8 Å². The topological polar surface area (TPSA) is 64.1 Å². The fraction of sp³-hybridized carbons (Fsp3) is 0.632. The molecule has 0 saturated heterocycles. The van der Waals surface area contributed by atoms with E-state index in [2.05, 4.69) is 36.4 Å². The van der Waals surface area contributed by atoms with Gasteiger partial charge in [-0.2, -0.15) is 0 Å². The summed E-state index contributed by atoms with van der Waals surface area (Å²) in [7, 11) is 4.80. The molecule has 1 aromatic rings. The van der Waals surface area contributed by atoms with Crippen molar-refractivity contribution in [1.82, 2.24) is 5.32 Å². The highest BCUT2D eigenvalue weighted by molar-refractivity contribution is 5.94. The molecule has 142 valence electrons. The molecule has 0 aliphatic heterocycles. The van der Waals surface area contributed by atoms with Gasteiger partial charge in [0.15, 0.2) is 17.5 Å². The maximum atomic E-state index is 5.39. The van der Waals surface area contributed by atoms with E-state index in [1.54, 1.807) is 21.3 Å². The lowest BCUT2D eigenvalue weighted by Gasteiger charge is -2.18. The Morgan fingerprint density at radius 1 is 1.04 bits per heavy atom. The molecule has 1 rings (SSSR count). The van der Waals surface area contributed by atoms with Crippen LogP contribution in [0, 0.1) is 5.41 Å². The third kappa shape index (κ3) is 7.11. The zero-order chi connectivity index (χ0) is 18.9. The van der Waals surface area contributed by atoms with Gasteiger partial charge in [0, 0.05) is 30.9 Å². The van der Waals surface area contributed by atoms with Crippen molar-refractivity contribution in [2.24, 2.45) is 10.4 Å². The first-order chi connectivity index (χ1) is 11.8. The van der Waals surface area contributed by atoms with Gasteiger partial charge in [-0.1, -0.05) is 20.8 Å². The number of methoxy groups -OCH3 is 3. The van der Waals surface area contributed by atoms with Crippen molar-refractivity contribution in [2.45, 2.75) is 40.5 Å². The Bertz CT molecular complexity index is 541. The first-order valence-corrected chi connectivity index (χ1v) is 8.70. The smallest absolute Gasteiger partial charge is 0.203 e. The summed E-state index contributed by atoms with van der Waals surface area (Å²) in [6, 6.07) is 3.73. The number of aliphatic imine (C=N–C) groups is 1. The summed E-state index contributed by atoms with van der Waals surface area (Å²) in [4.78, 5) is 4.65. The molecule has 0 unspecified atom stereocenters. The lowest BCUT2D eigenvalue weighted by Crippen LogP contribution is -2.30. The normalized spacial score (nSPS) is 11.9. The van der Waals surface area contributed by atoms with Crippen LogP contribution in [0.1, 0.15) is 40.5 Å². The highest BCUT2D eigenvalue weighted by Crippen LogP contribution is 2.39. The average molecular weight is 351 g/mol. The second kappa shape index (κ2) is 10.0. The molecular formula is C19H33N3O3. The predicted octanol–water partition coefficient (Wildman–Crippen LogP) is 3.92. The van der Waals surface area contributed by atoms with Crippen LogP contribution in [0.5, 0.6) is 17.2 Å². The van der Waals surface area contributed by atoms with Gasteiger partial charge in [0.25, 0.3) is 0 Å². The molecule has 0 saturated carbocycles. The average Bonchev–Trinajstić information content (AvgIpc) is 2.56. The molecule has 0 radical (unpaired) electrons. The standard InChI is InChI=1S/C19H33N3O3/c1-8-20-18(21-11-9-10-19(2,3)4)22-14-12-15(23-5)17(25-7)16(13-14)24-6/h12-13H,8-11H2,1-7H3,(H2,20,21,22). The molecule has 2 N–H and O–H groups in total. The molecule has 0 heterocycles. The van der Waals surface area contributed by atoms with E-state index in [0.717, 1.165) is 37.6 Å². The second-order valence-corrected chi connectivity index (χ2v) is 6.96. The molecule has 0 amide bonds. The predicted molar refractivity (Wildman–Crippen MR) is 104 cm³/mol. The third-order valence-corrected chi connectivity index (χ3v) is 3.63. The van der Waals surface area contributed by atoms with Gasteiger partial charge in [-0.3, -0.25) is 4.99 Å². The van der Waals surface area contributed by atoms with Crippen LogP contribution in [0.25, 0.3) is 0 Å². The molecule has 0 atom stereocenters. The molecule has 0 aromatic heterocycles. The SMILES string of the molecule is CCNC(=NCCCC(C)(C)C)Nc1cc(OC)c(OC)c(OC)c1. The maximum Gasteiger partial charge on any atom is 0.203 e. The Balaban J connectivity index is 2.90. The van der Waals surface area contributed by atoms with Gasteiger partial charge in [0.2, 0.25) is 5.75 Å². The van der Waals surface area contributed by atoms with E-state index >= 15 is 0 Å². The van der Waals surface area contributed by atoms with Crippen LogP contribution in [0.3, 0.4) is 0 Å². The van der Waals surface area contributed by atoms with E-state index in [0.29, 0.717) is 22.7 Å². The Morgan fingerprint density at radius 2 is 1.64 bits per heavy atom. The van der Waals surface area contributed by atoms with Gasteiger partial charge in [0.05, 0.1) is 21.3 Å². The van der Waals surface area contributed by atoms with E-state index in [4.69, 9.17) is 14.2 Å². The van der Waals surface area contributed by atoms with Crippen LogP contribution in [0.15, 0.2) is 17.1 Å². The minimum absolute atomic E-state index is 0.331. The molecular weight excluding hydrogens is 318 g/mol. The molecule has 6 heteroatoms. The number of hydrogen-bond donors (Lipinski definition) is 2. The number of ether oxygens (including phenoxy) is 3. The molecule has 1 aromatic carbocycles. The van der Waals surface area contributed by atoms with Crippen molar-refractivity contribution in [3.05, 3.63) is 12.1 Å². The largest absolute Gasteiger partial charge is 0.493 e. The highest BCUT2D eigenvalue weighted by Gasteiger charge is 2.14. The lowest BCUT2D eigenvalue weighted by atomic mass is 9.91. The second-order valence-electron chi connectivity index (χ2n) is 6.96. The number of nitrogens with zero attached hydrogens (tertiary/aromatic N) is 1. The van der Waals surface area contributed by atoms with Crippen LogP contribution in [0.2, 0.25) is 0 Å². The fourth-order valence-electron chi connectivity index (χ4n) is 2.40. The summed E-state index contributed by atoms with van der Waals surface area (Å²) in [5, 5.41) is 6.56. The highest BCUT2D eigenvalue weighted by atomic mass is 16.5. The Hall–Kier alpha value is -2.11. The molecule has 0 aliphatic rings. The van der Waals surface area contributed by atoms with Crippen LogP contribution in [-0.2, 0) is 0 Å². The molecule has 25 heavy (non-hydrogen) atoms. The monoisotopic (exact) mass is 351 g/mol. The Kier molecular flexibility index (Phi) is 8.38. The van der Waals surface area contributed by atoms with E-state index in [1.807, 2.05) is 19.1 Å². The minimum Gasteiger partial charge on any atom is -0.493 e. The lowest BCUT2D eigenvalue weighted by molar-refractivity contribution is 0.324. The summed E-state index contributed by atoms with van der Waals surface area (Å²) < 4.78 is 16.1. The number of nitrogens with one attached hydrogen (secondary N) is 2. The molecule has 0 bridgehead atoms. The molecule has 6 nitrogen and oxygen atoms in total. The molecule has 0 fully saturated rings. The van der Waals surface area contributed by atoms with Crippen molar-refractivity contribution >= 4 is 11.6 Å². The van der Waals surface area contributed by atoms with Crippen molar-refractivity contribution < 1.29 is 14.2 Å². The third-order valence-electron chi connectivity index (χ3n) is 3.63. The van der Waals surface area contributed by atoms with Crippen LogP contribution >= 0.6 is 0 Å². The van der Waals surface area contributed by atoms with Crippen molar-refractivity contribution in [3.8, 4) is 17.2 Å². The van der Waals surface area contributed by atoms with E-state index in [9.17, 15) is 0 Å². The number of rotatable bonds is 8. The summed E-state index contributed by atoms with van der Waals surface area (Å²) in [5.74, 6) is 2.52. The first-order valence-electron chi connectivity index (χ1n) is 8.70. The van der Waals surface area contributed by atoms with Crippen LogP contribution in [-0.4, -0.2) is 40.4 Å². The summed E-state index contributed by atoms with van der Waals surface area (Å²) in [5.41, 5.74) is 1.16. The Labute approximate surface area is 152 Å². The van der Waals surface area contributed by atoms with Crippen molar-refractivity contribution in [1.29, 1.82) is 0 Å². The molecule has 0 aliphatic carbocycles. The van der Waals surface area contributed by atoms with Gasteiger partial charge in [-0.15, -0.1) is 0 Å². The quantitative estimate of drug-likeness (QED) is 0.422. The summed E-state index contributed by atoms with van der Waals surface area (Å²) in [6.45, 7) is 10.3. The van der Waals surface area contributed by atoms with Gasteiger partial charge in [-0.05, 0) is 25.2 Å². The summed E-state index contributed by atoms with van der Waals surface area (Å²) >= 11 is 0. The van der Waals surface area contributed by atoms with E-state index < -0.39 is 0 Å². The first kappa shape index (κ1) is 20.9. The van der Waals surface area contributed by atoms with Crippen molar-refractivity contribution in [3.63, 3.8) is 0 Å². The molecule has 0 spiro atoms. The number of guanidine groups is 1. The van der Waals surface area contributed by atoms with E-state index in [-0.39, 0.29) is 0 Å². The zero-order valence-corrected chi connectivity index (χ0v) is 16.7. The minimum atomic E-state index is 0.331. The van der Waals surface area contributed by atoms with Crippen LogP contribution in [0.4, 0.5) is 5.69 Å². The van der Waals surface area contributed by atoms with Crippen LogP contribution < -0.4 is 24.8 Å². The fourth-order valence-corrected chi connectivity index (χ4v) is 2.40. The maximum absolute atomic E-state index is 5.39. The van der Waals surface area contributed by atoms with Crippen molar-refractivity contribution in [2.75, 3.05) is 39.7 Å². The number of anilines is 1. The number of benzene rings is 1. The van der Waals surface area contributed by atoms with E-state index in [1.165, 1.54) is 0 Å². The van der Waals surface area contributed by atoms with Gasteiger partial charge >= 0.3 is 0 Å². The van der Waals surface area contributed by atoms with Gasteiger partial charge in [0.1, 0.15) is 0 Å². The van der Waals surface area contributed by atoms with Gasteiger partial charge in [-0.25, -0.2) is 0 Å².